The van der Waals surface area contributed by atoms with Gasteiger partial charge in [-0.3, -0.25) is 9.59 Å². The van der Waals surface area contributed by atoms with Gasteiger partial charge in [-0.2, -0.15) is 0 Å². The molecule has 2 aromatic rings. The molecule has 29 heavy (non-hydrogen) atoms. The van der Waals surface area contributed by atoms with E-state index in [0.717, 1.165) is 17.7 Å². The molecule has 0 radical (unpaired) electrons. The number of methoxy groups -OCH3 is 2. The van der Waals surface area contributed by atoms with Crippen LogP contribution in [0.25, 0.3) is 0 Å². The van der Waals surface area contributed by atoms with Crippen LogP contribution in [0.2, 0.25) is 0 Å². The van der Waals surface area contributed by atoms with Crippen LogP contribution in [0.4, 0.5) is 0 Å². The van der Waals surface area contributed by atoms with Crippen LogP contribution in [-0.2, 0) is 29.1 Å². The Morgan fingerprint density at radius 2 is 1.66 bits per heavy atom. The zero-order valence-corrected chi connectivity index (χ0v) is 17.5. The molecular weight excluding hydrogens is 370 g/mol. The molecule has 1 aromatic heterocycles. The Labute approximate surface area is 171 Å². The van der Waals surface area contributed by atoms with Crippen LogP contribution in [-0.4, -0.2) is 41.5 Å². The summed E-state index contributed by atoms with van der Waals surface area (Å²) in [5.74, 6) is 0.661. The summed E-state index contributed by atoms with van der Waals surface area (Å²) in [4.78, 5) is 26.6. The van der Waals surface area contributed by atoms with Gasteiger partial charge in [0.25, 0.3) is 0 Å². The van der Waals surface area contributed by atoms with Gasteiger partial charge in [0, 0.05) is 37.3 Å². The van der Waals surface area contributed by atoms with Crippen LogP contribution >= 0.6 is 0 Å². The quantitative estimate of drug-likeness (QED) is 0.774. The Balaban J connectivity index is 1.75. The van der Waals surface area contributed by atoms with Gasteiger partial charge in [0.2, 0.25) is 11.8 Å². The normalized spacial score (nSPS) is 15.7. The van der Waals surface area contributed by atoms with E-state index in [0.29, 0.717) is 37.3 Å². The number of hydrogen-bond donors (Lipinski definition) is 1. The van der Waals surface area contributed by atoms with Crippen molar-refractivity contribution in [1.29, 1.82) is 0 Å². The number of primary amides is 1. The number of nitrogens with zero attached hydrogens (tertiary/aromatic N) is 2. The molecule has 1 aromatic carbocycles. The van der Waals surface area contributed by atoms with Gasteiger partial charge in [-0.05, 0) is 55.7 Å². The van der Waals surface area contributed by atoms with Gasteiger partial charge in [-0.25, -0.2) is 0 Å². The minimum Gasteiger partial charge on any atom is -0.493 e. The van der Waals surface area contributed by atoms with Crippen molar-refractivity contribution in [2.75, 3.05) is 14.2 Å². The van der Waals surface area contributed by atoms with Crippen LogP contribution in [0.1, 0.15) is 35.4 Å². The maximum Gasteiger partial charge on any atom is 0.240 e. The van der Waals surface area contributed by atoms with E-state index in [9.17, 15) is 9.59 Å². The van der Waals surface area contributed by atoms with Crippen molar-refractivity contribution in [1.82, 2.24) is 9.47 Å². The number of rotatable bonds is 7. The van der Waals surface area contributed by atoms with E-state index in [1.807, 2.05) is 12.1 Å². The highest BCUT2D eigenvalue weighted by molar-refractivity contribution is 5.87. The molecule has 3 rings (SSSR count). The number of benzene rings is 1. The Morgan fingerprint density at radius 1 is 1.07 bits per heavy atom. The lowest BCUT2D eigenvalue weighted by Gasteiger charge is -2.35. The minimum atomic E-state index is -0.650. The first-order valence-electron chi connectivity index (χ1n) is 9.81. The smallest absolute Gasteiger partial charge is 0.240 e. The molecule has 0 unspecified atom stereocenters. The molecule has 0 aliphatic carbocycles. The molecule has 2 amide bonds. The largest absolute Gasteiger partial charge is 0.493 e. The highest BCUT2D eigenvalue weighted by atomic mass is 16.5. The van der Waals surface area contributed by atoms with E-state index in [1.54, 1.807) is 19.1 Å². The van der Waals surface area contributed by atoms with E-state index in [-0.39, 0.29) is 5.91 Å². The van der Waals surface area contributed by atoms with E-state index in [2.05, 4.69) is 30.5 Å². The molecule has 0 bridgehead atoms. The zero-order chi connectivity index (χ0) is 21.1. The monoisotopic (exact) mass is 399 g/mol. The Morgan fingerprint density at radius 3 is 2.21 bits per heavy atom. The maximum absolute atomic E-state index is 13.0. The lowest BCUT2D eigenvalue weighted by atomic mass is 9.92. The Bertz CT molecular complexity index is 900. The van der Waals surface area contributed by atoms with Gasteiger partial charge in [-0.1, -0.05) is 0 Å². The minimum absolute atomic E-state index is 0.0586. The molecular formula is C22H29N3O4. The number of amides is 2. The summed E-state index contributed by atoms with van der Waals surface area (Å²) in [6, 6.07) is 7.23. The van der Waals surface area contributed by atoms with Gasteiger partial charge >= 0.3 is 0 Å². The second kappa shape index (κ2) is 8.59. The highest BCUT2D eigenvalue weighted by Gasteiger charge is 2.34. The van der Waals surface area contributed by atoms with E-state index >= 15 is 0 Å². The first-order chi connectivity index (χ1) is 13.8. The van der Waals surface area contributed by atoms with Crippen molar-refractivity contribution in [2.24, 2.45) is 5.73 Å². The Hall–Kier alpha value is -2.96. The van der Waals surface area contributed by atoms with Crippen LogP contribution in [0, 0.1) is 13.8 Å². The van der Waals surface area contributed by atoms with Crippen LogP contribution in [0.15, 0.2) is 24.3 Å². The molecule has 7 nitrogen and oxygen atoms in total. The summed E-state index contributed by atoms with van der Waals surface area (Å²) in [6.45, 7) is 5.22. The molecule has 0 saturated heterocycles. The van der Waals surface area contributed by atoms with Crippen LogP contribution in [0.5, 0.6) is 11.5 Å². The third kappa shape index (κ3) is 4.23. The van der Waals surface area contributed by atoms with Gasteiger partial charge in [0.1, 0.15) is 6.04 Å². The summed E-state index contributed by atoms with van der Waals surface area (Å²) in [5, 5.41) is 0. The lowest BCUT2D eigenvalue weighted by Crippen LogP contribution is -2.51. The molecule has 0 fully saturated rings. The molecule has 1 aliphatic heterocycles. The van der Waals surface area contributed by atoms with E-state index in [1.165, 1.54) is 11.4 Å². The van der Waals surface area contributed by atoms with Crippen molar-refractivity contribution >= 4 is 11.8 Å². The second-order valence-electron chi connectivity index (χ2n) is 7.49. The highest BCUT2D eigenvalue weighted by Crippen LogP contribution is 2.35. The van der Waals surface area contributed by atoms with Crippen molar-refractivity contribution in [2.45, 2.75) is 52.2 Å². The number of carbonyl (C=O) groups is 2. The number of aryl methyl sites for hydroxylation is 2. The number of ether oxygens (including phenoxy) is 2. The van der Waals surface area contributed by atoms with Crippen molar-refractivity contribution in [3.05, 3.63) is 46.8 Å². The predicted octanol–water partition coefficient (Wildman–Crippen LogP) is 2.34. The second-order valence-corrected chi connectivity index (χ2v) is 7.49. The van der Waals surface area contributed by atoms with Crippen LogP contribution in [0.3, 0.4) is 0 Å². The fraction of sp³-hybridized carbons (Fsp3) is 0.455. The van der Waals surface area contributed by atoms with Gasteiger partial charge in [0.05, 0.1) is 14.2 Å². The third-order valence-electron chi connectivity index (χ3n) is 5.67. The number of nitrogens with two attached hydrogens (primary N) is 1. The molecule has 0 spiro atoms. The average molecular weight is 399 g/mol. The zero-order valence-electron chi connectivity index (χ0n) is 17.5. The van der Waals surface area contributed by atoms with E-state index < -0.39 is 11.9 Å². The van der Waals surface area contributed by atoms with Gasteiger partial charge in [-0.15, -0.1) is 0 Å². The standard InChI is InChI=1S/C22H29N3O4/c1-14-7-8-15(2)24(14)9-5-6-21(26)25-13-17-12-20(29-4)19(28-3)11-16(17)10-18(25)22(23)27/h7-8,11-12,18H,5-6,9-10,13H2,1-4H3,(H2,23,27)/t18-/m1/s1. The van der Waals surface area contributed by atoms with Crippen LogP contribution < -0.4 is 15.2 Å². The summed E-state index contributed by atoms with van der Waals surface area (Å²) >= 11 is 0. The van der Waals surface area contributed by atoms with E-state index in [4.69, 9.17) is 15.2 Å². The number of carbonyl (C=O) groups excluding carboxylic acids is 2. The number of aromatic nitrogens is 1. The summed E-state index contributed by atoms with van der Waals surface area (Å²) in [7, 11) is 3.15. The SMILES string of the molecule is COc1cc2c(cc1OC)CN(C(=O)CCCn1c(C)ccc1C)[C@@H](C(N)=O)C2. The molecule has 2 heterocycles. The van der Waals surface area contributed by atoms with Crippen molar-refractivity contribution in [3.8, 4) is 11.5 Å². The first-order valence-corrected chi connectivity index (χ1v) is 9.81. The number of hydrogen-bond acceptors (Lipinski definition) is 4. The molecule has 1 atom stereocenters. The molecule has 2 N–H and O–H groups in total. The number of fused-ring (bicyclic) bond motifs is 1. The predicted molar refractivity (Wildman–Crippen MR) is 110 cm³/mol. The summed E-state index contributed by atoms with van der Waals surface area (Å²) < 4.78 is 12.9. The molecule has 156 valence electrons. The van der Waals surface area contributed by atoms with Gasteiger partial charge in [0.15, 0.2) is 11.5 Å². The Kier molecular flexibility index (Phi) is 6.15. The molecule has 7 heteroatoms. The maximum atomic E-state index is 13.0. The lowest BCUT2D eigenvalue weighted by molar-refractivity contribution is -0.140. The third-order valence-corrected chi connectivity index (χ3v) is 5.67. The van der Waals surface area contributed by atoms with Crippen molar-refractivity contribution in [3.63, 3.8) is 0 Å². The summed E-state index contributed by atoms with van der Waals surface area (Å²) in [5.41, 5.74) is 9.89. The fourth-order valence-corrected chi connectivity index (χ4v) is 4.01. The fourth-order valence-electron chi connectivity index (χ4n) is 4.01. The first kappa shape index (κ1) is 20.8. The molecule has 1 aliphatic rings. The van der Waals surface area contributed by atoms with Crippen molar-refractivity contribution < 1.29 is 19.1 Å². The average Bonchev–Trinajstić information content (AvgIpc) is 3.03. The van der Waals surface area contributed by atoms with Gasteiger partial charge < -0.3 is 24.7 Å². The summed E-state index contributed by atoms with van der Waals surface area (Å²) in [6.07, 6.45) is 1.45. The topological polar surface area (TPSA) is 86.8 Å². The molecule has 0 saturated carbocycles.